The number of hydrogen-bond acceptors (Lipinski definition) is 4. The van der Waals surface area contributed by atoms with Gasteiger partial charge in [0.25, 0.3) is 0 Å². The minimum absolute atomic E-state index is 0. The Kier molecular flexibility index (Phi) is 9.77. The lowest BCUT2D eigenvalue weighted by molar-refractivity contribution is -0.139. The number of halogens is 1. The van der Waals surface area contributed by atoms with Crippen molar-refractivity contribution in [1.29, 1.82) is 0 Å². The van der Waals surface area contributed by atoms with E-state index in [1.54, 1.807) is 0 Å². The zero-order valence-corrected chi connectivity index (χ0v) is 17.3. The molecule has 1 atom stereocenters. The van der Waals surface area contributed by atoms with Gasteiger partial charge in [0.15, 0.2) is 0 Å². The van der Waals surface area contributed by atoms with Crippen LogP contribution in [-0.4, -0.2) is 71.6 Å². The van der Waals surface area contributed by atoms with Crippen molar-refractivity contribution in [3.63, 3.8) is 0 Å². The van der Waals surface area contributed by atoms with Gasteiger partial charge in [-0.3, -0.25) is 19.4 Å². The number of likely N-dealkylation sites (tertiary alicyclic amines) is 1. The second-order valence-electron chi connectivity index (χ2n) is 6.82. The summed E-state index contributed by atoms with van der Waals surface area (Å²) in [5.74, 6) is -0.658. The molecule has 0 aliphatic carbocycles. The van der Waals surface area contributed by atoms with Crippen molar-refractivity contribution in [2.75, 3.05) is 37.6 Å². The zero-order chi connectivity index (χ0) is 19.1. The summed E-state index contributed by atoms with van der Waals surface area (Å²) in [5, 5.41) is 9.05. The summed E-state index contributed by atoms with van der Waals surface area (Å²) < 4.78 is 0. The van der Waals surface area contributed by atoms with E-state index in [9.17, 15) is 9.59 Å². The average Bonchev–Trinajstić information content (AvgIpc) is 2.67. The molecular weight excluding hydrogens is 366 g/mol. The number of benzene rings is 1. The predicted molar refractivity (Wildman–Crippen MR) is 111 cm³/mol. The molecule has 2 rings (SSSR count). The summed E-state index contributed by atoms with van der Waals surface area (Å²) >= 11 is 0. The van der Waals surface area contributed by atoms with E-state index >= 15 is 0 Å². The highest BCUT2D eigenvalue weighted by atomic mass is 35.5. The molecule has 1 unspecified atom stereocenters. The van der Waals surface area contributed by atoms with E-state index in [-0.39, 0.29) is 36.9 Å². The maximum absolute atomic E-state index is 13.0. The van der Waals surface area contributed by atoms with E-state index < -0.39 is 5.97 Å². The molecule has 6 nitrogen and oxygen atoms in total. The van der Waals surface area contributed by atoms with Crippen molar-refractivity contribution in [2.45, 2.75) is 45.7 Å². The number of anilines is 1. The summed E-state index contributed by atoms with van der Waals surface area (Å²) in [7, 11) is 0. The second-order valence-corrected chi connectivity index (χ2v) is 6.82. The number of carbonyl (C=O) groups excluding carboxylic acids is 1. The van der Waals surface area contributed by atoms with E-state index in [4.69, 9.17) is 5.11 Å². The third-order valence-corrected chi connectivity index (χ3v) is 5.32. The normalized spacial score (nSPS) is 16.6. The Balaban J connectivity index is 0.00000364. The van der Waals surface area contributed by atoms with Gasteiger partial charge in [-0.25, -0.2) is 0 Å². The number of piperidine rings is 1. The smallest absolute Gasteiger partial charge is 0.317 e. The molecule has 1 fully saturated rings. The van der Waals surface area contributed by atoms with E-state index in [2.05, 4.69) is 4.90 Å². The first-order chi connectivity index (χ1) is 12.5. The SMILES string of the molecule is CCN(C(=O)C(C)N1CCC(N(CC)CC(=O)O)CC1)c1ccccc1.Cl. The van der Waals surface area contributed by atoms with Gasteiger partial charge in [0.1, 0.15) is 0 Å². The number of amides is 1. The monoisotopic (exact) mass is 397 g/mol. The van der Waals surface area contributed by atoms with E-state index in [0.29, 0.717) is 6.54 Å². The molecule has 7 heteroatoms. The summed E-state index contributed by atoms with van der Waals surface area (Å²) in [6, 6.07) is 9.88. The zero-order valence-electron chi connectivity index (χ0n) is 16.5. The third kappa shape index (κ3) is 6.19. The number of carbonyl (C=O) groups is 2. The molecule has 1 aliphatic heterocycles. The third-order valence-electron chi connectivity index (χ3n) is 5.32. The van der Waals surface area contributed by atoms with Gasteiger partial charge in [-0.05, 0) is 45.4 Å². The number of hydrogen-bond donors (Lipinski definition) is 1. The lowest BCUT2D eigenvalue weighted by Gasteiger charge is -2.40. The van der Waals surface area contributed by atoms with Gasteiger partial charge < -0.3 is 10.0 Å². The Morgan fingerprint density at radius 1 is 1.15 bits per heavy atom. The van der Waals surface area contributed by atoms with Crippen LogP contribution in [0.25, 0.3) is 0 Å². The number of rotatable bonds is 8. The fraction of sp³-hybridized carbons (Fsp3) is 0.600. The number of carboxylic acid groups (broad SMARTS) is 1. The number of para-hydroxylation sites is 1. The molecule has 0 bridgehead atoms. The van der Waals surface area contributed by atoms with Crippen molar-refractivity contribution in [3.05, 3.63) is 30.3 Å². The van der Waals surface area contributed by atoms with E-state index in [1.807, 2.05) is 60.9 Å². The Labute approximate surface area is 168 Å². The van der Waals surface area contributed by atoms with Gasteiger partial charge in [0.2, 0.25) is 5.91 Å². The molecule has 1 N–H and O–H groups in total. The number of aliphatic carboxylic acids is 1. The van der Waals surface area contributed by atoms with Crippen molar-refractivity contribution >= 4 is 30.0 Å². The van der Waals surface area contributed by atoms with Crippen molar-refractivity contribution < 1.29 is 14.7 Å². The highest BCUT2D eigenvalue weighted by Gasteiger charge is 2.31. The summed E-state index contributed by atoms with van der Waals surface area (Å²) in [4.78, 5) is 30.1. The molecule has 1 amide bonds. The number of nitrogens with zero attached hydrogens (tertiary/aromatic N) is 3. The molecule has 1 saturated heterocycles. The first-order valence-electron chi connectivity index (χ1n) is 9.54. The first kappa shape index (κ1) is 23.4. The van der Waals surface area contributed by atoms with Crippen LogP contribution in [0.5, 0.6) is 0 Å². The van der Waals surface area contributed by atoms with Gasteiger partial charge in [-0.15, -0.1) is 12.4 Å². The summed E-state index contributed by atoms with van der Waals surface area (Å²) in [6.07, 6.45) is 1.80. The Morgan fingerprint density at radius 3 is 2.22 bits per heavy atom. The summed E-state index contributed by atoms with van der Waals surface area (Å²) in [5.41, 5.74) is 0.931. The second kappa shape index (κ2) is 11.3. The van der Waals surface area contributed by atoms with Crippen LogP contribution in [0, 0.1) is 0 Å². The topological polar surface area (TPSA) is 64.1 Å². The standard InChI is InChI=1S/C20H31N3O3.ClH/c1-4-21(15-19(24)25)17-11-13-22(14-12-17)16(3)20(26)23(5-2)18-9-7-6-8-10-18;/h6-10,16-17H,4-5,11-15H2,1-3H3,(H,24,25);1H. The molecule has 0 radical (unpaired) electrons. The van der Waals surface area contributed by atoms with Gasteiger partial charge in [-0.2, -0.15) is 0 Å². The van der Waals surface area contributed by atoms with Crippen LogP contribution < -0.4 is 4.90 Å². The van der Waals surface area contributed by atoms with Gasteiger partial charge in [0, 0.05) is 31.4 Å². The maximum Gasteiger partial charge on any atom is 0.317 e. The molecule has 27 heavy (non-hydrogen) atoms. The minimum Gasteiger partial charge on any atom is -0.480 e. The summed E-state index contributed by atoms with van der Waals surface area (Å²) in [6.45, 7) is 9.08. The molecule has 1 heterocycles. The first-order valence-corrected chi connectivity index (χ1v) is 9.54. The van der Waals surface area contributed by atoms with Crippen LogP contribution in [-0.2, 0) is 9.59 Å². The fourth-order valence-electron chi connectivity index (χ4n) is 3.77. The lowest BCUT2D eigenvalue weighted by atomic mass is 10.0. The van der Waals surface area contributed by atoms with Crippen molar-refractivity contribution in [1.82, 2.24) is 9.80 Å². The predicted octanol–water partition coefficient (Wildman–Crippen LogP) is 2.72. The molecule has 1 aromatic carbocycles. The van der Waals surface area contributed by atoms with Crippen LogP contribution in [0.2, 0.25) is 0 Å². The molecule has 0 spiro atoms. The number of carboxylic acids is 1. The molecule has 0 saturated carbocycles. The maximum atomic E-state index is 13.0. The molecule has 152 valence electrons. The minimum atomic E-state index is -0.778. The van der Waals surface area contributed by atoms with Crippen LogP contribution >= 0.6 is 12.4 Å². The van der Waals surface area contributed by atoms with Crippen molar-refractivity contribution in [2.24, 2.45) is 0 Å². The molecule has 1 aliphatic rings. The molecular formula is C20H32ClN3O3. The molecule has 0 aromatic heterocycles. The van der Waals surface area contributed by atoms with Crippen molar-refractivity contribution in [3.8, 4) is 0 Å². The Morgan fingerprint density at radius 2 is 1.74 bits per heavy atom. The van der Waals surface area contributed by atoms with Crippen LogP contribution in [0.4, 0.5) is 5.69 Å². The highest BCUT2D eigenvalue weighted by Crippen LogP contribution is 2.21. The van der Waals surface area contributed by atoms with Crippen LogP contribution in [0.15, 0.2) is 30.3 Å². The van der Waals surface area contributed by atoms with Crippen LogP contribution in [0.1, 0.15) is 33.6 Å². The van der Waals surface area contributed by atoms with Crippen LogP contribution in [0.3, 0.4) is 0 Å². The lowest BCUT2D eigenvalue weighted by Crippen LogP contribution is -2.53. The molecule has 1 aromatic rings. The number of likely N-dealkylation sites (N-methyl/N-ethyl adjacent to an activating group) is 2. The van der Waals surface area contributed by atoms with Gasteiger partial charge in [-0.1, -0.05) is 25.1 Å². The van der Waals surface area contributed by atoms with Gasteiger partial charge >= 0.3 is 5.97 Å². The largest absolute Gasteiger partial charge is 0.480 e. The van der Waals surface area contributed by atoms with E-state index in [1.165, 1.54) is 0 Å². The fourth-order valence-corrected chi connectivity index (χ4v) is 3.77. The van der Waals surface area contributed by atoms with E-state index in [0.717, 1.165) is 38.2 Å². The Bertz CT molecular complexity index is 591. The van der Waals surface area contributed by atoms with Gasteiger partial charge in [0.05, 0.1) is 12.6 Å². The highest BCUT2D eigenvalue weighted by molar-refractivity contribution is 5.96. The quantitative estimate of drug-likeness (QED) is 0.730. The average molecular weight is 398 g/mol. The Hall–Kier alpha value is -1.63.